The Morgan fingerprint density at radius 2 is 1.95 bits per heavy atom. The number of nitrogens with zero attached hydrogens (tertiary/aromatic N) is 2. The predicted molar refractivity (Wildman–Crippen MR) is 65.7 cm³/mol. The second-order valence-corrected chi connectivity index (χ2v) is 5.60. The molecule has 0 aliphatic heterocycles. The molecular formula is C12H7BrF4N2O. The molecule has 0 atom stereocenters. The van der Waals surface area contributed by atoms with E-state index in [1.165, 1.54) is 6.07 Å². The molecule has 1 aromatic heterocycles. The summed E-state index contributed by atoms with van der Waals surface area (Å²) in [6.07, 6.45) is -4.45. The number of alkyl halides is 3. The number of hydrogen-bond acceptors (Lipinski definition) is 2. The lowest BCUT2D eigenvalue weighted by Crippen LogP contribution is -2.28. The molecule has 0 bridgehead atoms. The van der Waals surface area contributed by atoms with E-state index in [0.717, 1.165) is 10.7 Å². The third kappa shape index (κ3) is 2.02. The van der Waals surface area contributed by atoms with Gasteiger partial charge in [0.25, 0.3) is 0 Å². The lowest BCUT2D eigenvalue weighted by Gasteiger charge is -2.25. The molecule has 3 nitrogen and oxygen atoms in total. The summed E-state index contributed by atoms with van der Waals surface area (Å²) in [4.78, 5) is 11.0. The second kappa shape index (κ2) is 4.28. The van der Waals surface area contributed by atoms with Gasteiger partial charge >= 0.3 is 6.18 Å². The van der Waals surface area contributed by atoms with Gasteiger partial charge in [-0.25, -0.2) is 0 Å². The van der Waals surface area contributed by atoms with E-state index in [-0.39, 0.29) is 34.0 Å². The molecule has 3 rings (SSSR count). The van der Waals surface area contributed by atoms with Crippen LogP contribution in [0.25, 0.3) is 10.9 Å². The van der Waals surface area contributed by atoms with Crippen molar-refractivity contribution in [2.45, 2.75) is 25.1 Å². The van der Waals surface area contributed by atoms with E-state index in [0.29, 0.717) is 0 Å². The van der Waals surface area contributed by atoms with E-state index in [4.69, 9.17) is 0 Å². The Morgan fingerprint density at radius 3 is 2.50 bits per heavy atom. The maximum atomic E-state index is 13.8. The molecule has 1 aliphatic carbocycles. The lowest BCUT2D eigenvalue weighted by atomic mass is 9.91. The average Bonchev–Trinajstić information content (AvgIpc) is 2.60. The van der Waals surface area contributed by atoms with Crippen molar-refractivity contribution in [2.24, 2.45) is 0 Å². The number of halogens is 5. The van der Waals surface area contributed by atoms with Crippen LogP contribution in [-0.2, 0) is 11.0 Å². The van der Waals surface area contributed by atoms with Gasteiger partial charge in [-0.15, -0.1) is 5.10 Å². The molecule has 106 valence electrons. The van der Waals surface area contributed by atoms with Crippen LogP contribution in [0.1, 0.15) is 24.4 Å². The van der Waals surface area contributed by atoms with Crippen molar-refractivity contribution < 1.29 is 22.4 Å². The summed E-state index contributed by atoms with van der Waals surface area (Å²) < 4.78 is 54.2. The van der Waals surface area contributed by atoms with Crippen molar-refractivity contribution in [1.29, 1.82) is 0 Å². The third-order valence-electron chi connectivity index (χ3n) is 3.30. The van der Waals surface area contributed by atoms with Gasteiger partial charge in [0, 0.05) is 17.3 Å². The second-order valence-electron chi connectivity index (χ2n) is 4.68. The summed E-state index contributed by atoms with van der Waals surface area (Å²) in [5, 5.41) is 3.34. The van der Waals surface area contributed by atoms with E-state index in [2.05, 4.69) is 21.0 Å². The third-order valence-corrected chi connectivity index (χ3v) is 3.76. The highest BCUT2D eigenvalue weighted by molar-refractivity contribution is 9.10. The Kier molecular flexibility index (Phi) is 2.89. The fourth-order valence-corrected chi connectivity index (χ4v) is 2.78. The molecule has 1 aromatic carbocycles. The first-order valence-corrected chi connectivity index (χ1v) is 6.53. The number of benzene rings is 1. The summed E-state index contributed by atoms with van der Waals surface area (Å²) in [5.41, 5.74) is -1.27. The monoisotopic (exact) mass is 350 g/mol. The minimum absolute atomic E-state index is 0.0651. The van der Waals surface area contributed by atoms with E-state index in [1.807, 2.05) is 0 Å². The molecule has 0 unspecified atom stereocenters. The zero-order chi connectivity index (χ0) is 14.7. The molecule has 8 heteroatoms. The highest BCUT2D eigenvalue weighted by atomic mass is 79.9. The number of ketones is 1. The van der Waals surface area contributed by atoms with Crippen LogP contribution in [0.3, 0.4) is 0 Å². The number of Topliss-reactive ketones (excluding diaryl/α,β-unsaturated/α-hetero) is 1. The molecule has 0 spiro atoms. The topological polar surface area (TPSA) is 34.9 Å². The van der Waals surface area contributed by atoms with Gasteiger partial charge in [0.15, 0.2) is 0 Å². The number of aromatic nitrogens is 2. The Bertz CT molecular complexity index is 714. The molecule has 1 aliphatic rings. The molecule has 0 radical (unpaired) electrons. The van der Waals surface area contributed by atoms with Gasteiger partial charge in [-0.3, -0.25) is 9.48 Å². The van der Waals surface area contributed by atoms with Crippen LogP contribution in [0.5, 0.6) is 0 Å². The maximum absolute atomic E-state index is 13.8. The molecule has 0 amide bonds. The Morgan fingerprint density at radius 1 is 1.30 bits per heavy atom. The largest absolute Gasteiger partial charge is 0.418 e. The summed E-state index contributed by atoms with van der Waals surface area (Å²) >= 11 is 2.94. The van der Waals surface area contributed by atoms with Crippen LogP contribution < -0.4 is 0 Å². The van der Waals surface area contributed by atoms with Gasteiger partial charge in [-0.05, 0) is 12.1 Å². The molecular weight excluding hydrogens is 344 g/mol. The van der Waals surface area contributed by atoms with Gasteiger partial charge in [0.05, 0.1) is 22.5 Å². The molecule has 0 saturated heterocycles. The predicted octanol–water partition coefficient (Wildman–Crippen LogP) is 3.86. The minimum atomic E-state index is -4.62. The van der Waals surface area contributed by atoms with Crippen molar-refractivity contribution in [3.63, 3.8) is 0 Å². The number of hydrogen-bond donors (Lipinski definition) is 0. The lowest BCUT2D eigenvalue weighted by molar-refractivity contribution is -0.136. The Balaban J connectivity index is 2.29. The summed E-state index contributed by atoms with van der Waals surface area (Å²) in [6, 6.07) is 1.64. The number of carbonyl (C=O) groups excluding carboxylic acids is 1. The molecule has 1 heterocycles. The van der Waals surface area contributed by atoms with Crippen LogP contribution in [0.15, 0.2) is 16.6 Å². The van der Waals surface area contributed by atoms with Gasteiger partial charge in [0.2, 0.25) is 5.95 Å². The standard InChI is InChI=1S/C12H7BrF4N2O/c13-5-1-8-10(9(2-5)12(15,16)17)19(18-11(8)14)6-3-7(20)4-6/h1-2,6H,3-4H2. The first-order valence-electron chi connectivity index (χ1n) is 5.73. The van der Waals surface area contributed by atoms with Gasteiger partial charge < -0.3 is 0 Å². The fourth-order valence-electron chi connectivity index (χ4n) is 2.32. The van der Waals surface area contributed by atoms with Crippen molar-refractivity contribution in [3.05, 3.63) is 28.1 Å². The van der Waals surface area contributed by atoms with Crippen LogP contribution in [0.4, 0.5) is 17.6 Å². The van der Waals surface area contributed by atoms with Crippen LogP contribution in [-0.4, -0.2) is 15.6 Å². The van der Waals surface area contributed by atoms with Crippen molar-refractivity contribution in [1.82, 2.24) is 9.78 Å². The maximum Gasteiger partial charge on any atom is 0.418 e. The van der Waals surface area contributed by atoms with Crippen LogP contribution in [0, 0.1) is 5.95 Å². The molecule has 0 N–H and O–H groups in total. The van der Waals surface area contributed by atoms with Gasteiger partial charge in [-0.1, -0.05) is 15.9 Å². The molecule has 1 fully saturated rings. The van der Waals surface area contributed by atoms with Crippen molar-refractivity contribution in [3.8, 4) is 0 Å². The normalized spacial score (nSPS) is 16.8. The Hall–Kier alpha value is -1.44. The van der Waals surface area contributed by atoms with E-state index in [1.54, 1.807) is 0 Å². The quantitative estimate of drug-likeness (QED) is 0.732. The number of carbonyl (C=O) groups is 1. The smallest absolute Gasteiger partial charge is 0.300 e. The van der Waals surface area contributed by atoms with Crippen LogP contribution in [0.2, 0.25) is 0 Å². The zero-order valence-corrected chi connectivity index (χ0v) is 11.4. The highest BCUT2D eigenvalue weighted by Crippen LogP contribution is 2.40. The fraction of sp³-hybridized carbons (Fsp3) is 0.333. The summed E-state index contributed by atoms with van der Waals surface area (Å²) in [5.74, 6) is -1.03. The van der Waals surface area contributed by atoms with E-state index < -0.39 is 23.7 Å². The summed E-state index contributed by atoms with van der Waals surface area (Å²) in [7, 11) is 0. The molecule has 20 heavy (non-hydrogen) atoms. The minimum Gasteiger partial charge on any atom is -0.300 e. The van der Waals surface area contributed by atoms with Crippen molar-refractivity contribution >= 4 is 32.6 Å². The SMILES string of the molecule is O=C1CC(n2nc(F)c3cc(Br)cc(C(F)(F)F)c32)C1. The van der Waals surface area contributed by atoms with Crippen LogP contribution >= 0.6 is 15.9 Å². The first kappa shape index (κ1) is 13.5. The number of rotatable bonds is 1. The van der Waals surface area contributed by atoms with Gasteiger partial charge in [-0.2, -0.15) is 17.6 Å². The first-order chi connectivity index (χ1) is 9.27. The van der Waals surface area contributed by atoms with E-state index in [9.17, 15) is 22.4 Å². The molecule has 1 saturated carbocycles. The van der Waals surface area contributed by atoms with E-state index >= 15 is 0 Å². The van der Waals surface area contributed by atoms with Gasteiger partial charge in [0.1, 0.15) is 5.78 Å². The number of fused-ring (bicyclic) bond motifs is 1. The summed E-state index contributed by atoms with van der Waals surface area (Å²) in [6.45, 7) is 0. The molecule has 2 aromatic rings. The highest BCUT2D eigenvalue weighted by Gasteiger charge is 2.38. The average molecular weight is 351 g/mol. The Labute approximate surface area is 118 Å². The zero-order valence-electron chi connectivity index (χ0n) is 9.84. The van der Waals surface area contributed by atoms with Crippen molar-refractivity contribution in [2.75, 3.05) is 0 Å².